The Morgan fingerprint density at radius 2 is 2.11 bits per heavy atom. The number of guanidine groups is 1. The number of nitrogens with zero attached hydrogens (tertiary/aromatic N) is 1. The molecule has 1 unspecified atom stereocenters. The first-order valence-electron chi connectivity index (χ1n) is 5.35. The van der Waals surface area contributed by atoms with Crippen molar-refractivity contribution in [3.05, 3.63) is 0 Å². The number of nitrogens with one attached hydrogen (secondary N) is 2. The average Bonchev–Trinajstić information content (AvgIpc) is 2.15. The summed E-state index contributed by atoms with van der Waals surface area (Å²) in [6, 6.07) is 0.0953. The monoisotopic (exact) mass is 394 g/mol. The number of hydrogen-bond donors (Lipinski definition) is 3. The number of aliphatic imine (C=N–C) groups is 1. The molecule has 0 saturated heterocycles. The summed E-state index contributed by atoms with van der Waals surface area (Å²) in [4.78, 5) is 4.06. The van der Waals surface area contributed by atoms with Crippen LogP contribution in [-0.2, 0) is 14.8 Å². The molecule has 0 radical (unpaired) electrons. The van der Waals surface area contributed by atoms with E-state index in [0.717, 1.165) is 6.26 Å². The standard InChI is InChI=1S/C9H22N4O3S.HI/c1-8(7-16-2)13-9(10)11-5-4-6-12-17(3,14)15;/h8,12H,4-7H2,1-3H3,(H3,10,11,13);1H. The van der Waals surface area contributed by atoms with Crippen molar-refractivity contribution in [2.24, 2.45) is 10.7 Å². The fourth-order valence-electron chi connectivity index (χ4n) is 1.13. The normalized spacial score (nSPS) is 13.8. The van der Waals surface area contributed by atoms with Crippen molar-refractivity contribution in [1.82, 2.24) is 10.0 Å². The smallest absolute Gasteiger partial charge is 0.208 e. The van der Waals surface area contributed by atoms with Crippen LogP contribution in [0.25, 0.3) is 0 Å². The van der Waals surface area contributed by atoms with Crippen molar-refractivity contribution < 1.29 is 13.2 Å². The molecule has 7 nitrogen and oxygen atoms in total. The van der Waals surface area contributed by atoms with E-state index in [1.165, 1.54) is 0 Å². The van der Waals surface area contributed by atoms with E-state index < -0.39 is 10.0 Å². The number of hydrogen-bond acceptors (Lipinski definition) is 4. The van der Waals surface area contributed by atoms with Crippen molar-refractivity contribution in [2.45, 2.75) is 19.4 Å². The minimum atomic E-state index is -3.11. The van der Waals surface area contributed by atoms with Crippen LogP contribution in [0.5, 0.6) is 0 Å². The van der Waals surface area contributed by atoms with Crippen LogP contribution in [0.15, 0.2) is 4.99 Å². The predicted octanol–water partition coefficient (Wildman–Crippen LogP) is -0.517. The molecular formula is C9H23IN4O3S. The van der Waals surface area contributed by atoms with Gasteiger partial charge in [0.1, 0.15) is 0 Å². The zero-order chi connectivity index (χ0) is 13.3. The Labute approximate surface area is 126 Å². The lowest BCUT2D eigenvalue weighted by Crippen LogP contribution is -2.40. The first kappa shape index (κ1) is 20.2. The van der Waals surface area contributed by atoms with E-state index in [9.17, 15) is 8.42 Å². The van der Waals surface area contributed by atoms with Crippen molar-refractivity contribution in [1.29, 1.82) is 0 Å². The average molecular weight is 394 g/mol. The fraction of sp³-hybridized carbons (Fsp3) is 0.889. The summed E-state index contributed by atoms with van der Waals surface area (Å²) in [5.74, 6) is 0.342. The largest absolute Gasteiger partial charge is 0.383 e. The second-order valence-corrected chi connectivity index (χ2v) is 5.62. The molecule has 110 valence electrons. The van der Waals surface area contributed by atoms with Gasteiger partial charge in [-0.2, -0.15) is 0 Å². The summed E-state index contributed by atoms with van der Waals surface area (Å²) >= 11 is 0. The zero-order valence-electron chi connectivity index (χ0n) is 11.0. The number of halogens is 1. The minimum Gasteiger partial charge on any atom is -0.383 e. The molecule has 0 spiro atoms. The highest BCUT2D eigenvalue weighted by Crippen LogP contribution is 1.84. The van der Waals surface area contributed by atoms with Gasteiger partial charge in [-0.25, -0.2) is 13.1 Å². The topological polar surface area (TPSA) is 106 Å². The second-order valence-electron chi connectivity index (χ2n) is 3.79. The maximum atomic E-state index is 10.7. The van der Waals surface area contributed by atoms with Gasteiger partial charge in [0, 0.05) is 26.2 Å². The highest BCUT2D eigenvalue weighted by Gasteiger charge is 2.01. The van der Waals surface area contributed by atoms with Crippen LogP contribution >= 0.6 is 24.0 Å². The molecule has 0 aliphatic carbocycles. The number of methoxy groups -OCH3 is 1. The molecule has 0 aromatic carbocycles. The van der Waals surface area contributed by atoms with Gasteiger partial charge in [-0.05, 0) is 13.3 Å². The summed E-state index contributed by atoms with van der Waals surface area (Å²) in [5.41, 5.74) is 5.62. The summed E-state index contributed by atoms with van der Waals surface area (Å²) < 4.78 is 28.8. The SMILES string of the molecule is COCC(C)NC(N)=NCCCNS(C)(=O)=O.I. The van der Waals surface area contributed by atoms with Gasteiger partial charge in [0.25, 0.3) is 0 Å². The molecule has 1 atom stereocenters. The van der Waals surface area contributed by atoms with E-state index >= 15 is 0 Å². The molecule has 0 rings (SSSR count). The molecule has 0 fully saturated rings. The van der Waals surface area contributed by atoms with Gasteiger partial charge in [-0.15, -0.1) is 24.0 Å². The Kier molecular flexibility index (Phi) is 12.1. The van der Waals surface area contributed by atoms with Gasteiger partial charge in [-0.3, -0.25) is 4.99 Å². The van der Waals surface area contributed by atoms with Crippen molar-refractivity contribution in [3.63, 3.8) is 0 Å². The summed E-state index contributed by atoms with van der Waals surface area (Å²) in [7, 11) is -1.50. The highest BCUT2D eigenvalue weighted by atomic mass is 127. The van der Waals surface area contributed by atoms with Crippen LogP contribution in [0.2, 0.25) is 0 Å². The fourth-order valence-corrected chi connectivity index (χ4v) is 1.64. The van der Waals surface area contributed by atoms with Gasteiger partial charge in [0.2, 0.25) is 10.0 Å². The van der Waals surface area contributed by atoms with Crippen LogP contribution in [0, 0.1) is 0 Å². The molecule has 0 bridgehead atoms. The number of sulfonamides is 1. The third kappa shape index (κ3) is 13.9. The lowest BCUT2D eigenvalue weighted by atomic mass is 10.4. The van der Waals surface area contributed by atoms with Crippen molar-refractivity contribution >= 4 is 40.0 Å². The Balaban J connectivity index is 0. The van der Waals surface area contributed by atoms with E-state index in [1.807, 2.05) is 6.92 Å². The second kappa shape index (κ2) is 10.8. The third-order valence-electron chi connectivity index (χ3n) is 1.79. The molecule has 18 heavy (non-hydrogen) atoms. The maximum absolute atomic E-state index is 10.7. The van der Waals surface area contributed by atoms with E-state index in [2.05, 4.69) is 15.0 Å². The first-order chi connectivity index (χ1) is 7.85. The minimum absolute atomic E-state index is 0. The van der Waals surface area contributed by atoms with E-state index in [4.69, 9.17) is 10.5 Å². The molecule has 4 N–H and O–H groups in total. The Morgan fingerprint density at radius 1 is 1.50 bits per heavy atom. The third-order valence-corrected chi connectivity index (χ3v) is 2.52. The van der Waals surface area contributed by atoms with Gasteiger partial charge >= 0.3 is 0 Å². The predicted molar refractivity (Wildman–Crippen MR) is 83.8 cm³/mol. The van der Waals surface area contributed by atoms with E-state index in [-0.39, 0.29) is 30.0 Å². The number of rotatable bonds is 8. The van der Waals surface area contributed by atoms with Crippen LogP contribution in [0.3, 0.4) is 0 Å². The molecule has 0 aromatic heterocycles. The van der Waals surface area contributed by atoms with Crippen LogP contribution in [-0.4, -0.2) is 53.5 Å². The summed E-state index contributed by atoms with van der Waals surface area (Å²) in [5, 5.41) is 2.95. The molecular weight excluding hydrogens is 371 g/mol. The van der Waals surface area contributed by atoms with E-state index in [1.54, 1.807) is 7.11 Å². The Hall–Kier alpha value is -0.130. The summed E-state index contributed by atoms with van der Waals surface area (Å²) in [6.45, 7) is 3.31. The molecule has 0 aliphatic heterocycles. The van der Waals surface area contributed by atoms with E-state index in [0.29, 0.717) is 32.1 Å². The number of ether oxygens (including phenoxy) is 1. The molecule has 0 heterocycles. The Morgan fingerprint density at radius 3 is 2.61 bits per heavy atom. The van der Waals surface area contributed by atoms with Crippen LogP contribution in [0.4, 0.5) is 0 Å². The Bertz CT molecular complexity index is 335. The molecule has 0 saturated carbocycles. The maximum Gasteiger partial charge on any atom is 0.208 e. The quantitative estimate of drug-likeness (QED) is 0.222. The van der Waals surface area contributed by atoms with Crippen LogP contribution in [0.1, 0.15) is 13.3 Å². The molecule has 9 heteroatoms. The van der Waals surface area contributed by atoms with Crippen molar-refractivity contribution in [3.8, 4) is 0 Å². The zero-order valence-corrected chi connectivity index (χ0v) is 14.1. The number of nitrogens with two attached hydrogens (primary N) is 1. The molecule has 0 aromatic rings. The van der Waals surface area contributed by atoms with Gasteiger partial charge < -0.3 is 15.8 Å². The van der Waals surface area contributed by atoms with Crippen molar-refractivity contribution in [2.75, 3.05) is 33.1 Å². The van der Waals surface area contributed by atoms with Crippen LogP contribution < -0.4 is 15.8 Å². The molecule has 0 aliphatic rings. The summed E-state index contributed by atoms with van der Waals surface area (Å²) in [6.07, 6.45) is 1.73. The van der Waals surface area contributed by atoms with Gasteiger partial charge in [0.05, 0.1) is 12.9 Å². The highest BCUT2D eigenvalue weighted by molar-refractivity contribution is 14.0. The lowest BCUT2D eigenvalue weighted by molar-refractivity contribution is 0.179. The van der Waals surface area contributed by atoms with Gasteiger partial charge in [0.15, 0.2) is 5.96 Å². The molecule has 0 amide bonds. The lowest BCUT2D eigenvalue weighted by Gasteiger charge is -2.12. The van der Waals surface area contributed by atoms with Gasteiger partial charge in [-0.1, -0.05) is 0 Å². The first-order valence-corrected chi connectivity index (χ1v) is 7.24.